The van der Waals surface area contributed by atoms with Crippen molar-refractivity contribution in [1.29, 1.82) is 0 Å². The number of nitrogens with zero attached hydrogens (tertiary/aromatic N) is 1. The van der Waals surface area contributed by atoms with Crippen LogP contribution >= 0.6 is 12.2 Å². The molecule has 2 atom stereocenters. The molecule has 2 saturated carbocycles. The van der Waals surface area contributed by atoms with Crippen LogP contribution in [0.4, 0.5) is 0 Å². The lowest BCUT2D eigenvalue weighted by atomic mass is 9.62. The van der Waals surface area contributed by atoms with Gasteiger partial charge in [0.05, 0.1) is 14.2 Å². The van der Waals surface area contributed by atoms with Gasteiger partial charge in [0.25, 0.3) is 0 Å². The molecule has 6 heteroatoms. The van der Waals surface area contributed by atoms with E-state index in [0.29, 0.717) is 11.7 Å². The fourth-order valence-corrected chi connectivity index (χ4v) is 6.16. The van der Waals surface area contributed by atoms with Crippen LogP contribution in [0.3, 0.4) is 0 Å². The van der Waals surface area contributed by atoms with Crippen LogP contribution in [0.5, 0.6) is 11.5 Å². The highest BCUT2D eigenvalue weighted by Crippen LogP contribution is 2.50. The van der Waals surface area contributed by atoms with Gasteiger partial charge in [0.15, 0.2) is 5.11 Å². The Balaban J connectivity index is 1.67. The van der Waals surface area contributed by atoms with Gasteiger partial charge in [0.1, 0.15) is 17.2 Å². The Morgan fingerprint density at radius 2 is 1.68 bits per heavy atom. The van der Waals surface area contributed by atoms with Crippen LogP contribution in [-0.2, 0) is 6.54 Å². The summed E-state index contributed by atoms with van der Waals surface area (Å²) in [5, 5.41) is 16.4. The molecule has 0 radical (unpaired) electrons. The molecule has 0 aromatic heterocycles. The zero-order valence-corrected chi connectivity index (χ0v) is 17.8. The van der Waals surface area contributed by atoms with Gasteiger partial charge >= 0.3 is 0 Å². The quantitative estimate of drug-likeness (QED) is 0.741. The predicted octanol–water partition coefficient (Wildman–Crippen LogP) is 3.98. The standard InChI is InChI=1S/C22H32N2O3S/c1-26-17-12-16(13-18(14-17)27-2)15-24-20(28)23-21(9-5-3-6-10-21)19-8-4-7-11-22(19,24)25/h12-14,19,25H,3-11,15H2,1-2H3,(H,23,28)/t19-,22-/m1/s1. The number of thiocarbonyl (C=S) groups is 1. The minimum Gasteiger partial charge on any atom is -0.497 e. The van der Waals surface area contributed by atoms with Gasteiger partial charge in [-0.2, -0.15) is 0 Å². The third kappa shape index (κ3) is 3.35. The highest BCUT2D eigenvalue weighted by atomic mass is 32.1. The number of methoxy groups -OCH3 is 2. The molecule has 2 aliphatic carbocycles. The van der Waals surface area contributed by atoms with Gasteiger partial charge in [-0.3, -0.25) is 0 Å². The molecule has 1 aromatic carbocycles. The molecule has 154 valence electrons. The molecule has 0 unspecified atom stereocenters. The highest BCUT2D eigenvalue weighted by Gasteiger charge is 2.58. The lowest BCUT2D eigenvalue weighted by molar-refractivity contribution is -0.184. The topological polar surface area (TPSA) is 54.0 Å². The molecular formula is C22H32N2O3S. The first-order chi connectivity index (χ1) is 13.5. The van der Waals surface area contributed by atoms with Crippen molar-refractivity contribution in [2.75, 3.05) is 14.2 Å². The Morgan fingerprint density at radius 1 is 1.04 bits per heavy atom. The molecular weight excluding hydrogens is 372 g/mol. The van der Waals surface area contributed by atoms with E-state index >= 15 is 0 Å². The van der Waals surface area contributed by atoms with Gasteiger partial charge in [0.2, 0.25) is 0 Å². The monoisotopic (exact) mass is 404 g/mol. The van der Waals surface area contributed by atoms with Gasteiger partial charge < -0.3 is 24.8 Å². The van der Waals surface area contributed by atoms with Crippen molar-refractivity contribution in [2.45, 2.75) is 75.6 Å². The van der Waals surface area contributed by atoms with Crippen molar-refractivity contribution in [3.8, 4) is 11.5 Å². The fourth-order valence-electron chi connectivity index (χ4n) is 5.73. The second-order valence-corrected chi connectivity index (χ2v) is 9.02. The molecule has 4 rings (SSSR count). The average Bonchev–Trinajstić information content (AvgIpc) is 2.71. The second kappa shape index (κ2) is 7.71. The van der Waals surface area contributed by atoms with Crippen molar-refractivity contribution in [1.82, 2.24) is 10.2 Å². The summed E-state index contributed by atoms with van der Waals surface area (Å²) in [4.78, 5) is 2.03. The third-order valence-electron chi connectivity index (χ3n) is 7.08. The maximum absolute atomic E-state index is 12.0. The van der Waals surface area contributed by atoms with E-state index in [-0.39, 0.29) is 11.5 Å². The van der Waals surface area contributed by atoms with Crippen LogP contribution in [0.2, 0.25) is 0 Å². The van der Waals surface area contributed by atoms with Gasteiger partial charge in [-0.25, -0.2) is 0 Å². The van der Waals surface area contributed by atoms with E-state index in [0.717, 1.165) is 49.2 Å². The summed E-state index contributed by atoms with van der Waals surface area (Å²) >= 11 is 5.83. The first-order valence-corrected chi connectivity index (χ1v) is 11.0. The average molecular weight is 405 g/mol. The Morgan fingerprint density at radius 3 is 2.32 bits per heavy atom. The zero-order chi connectivity index (χ0) is 19.8. The number of fused-ring (bicyclic) bond motifs is 2. The summed E-state index contributed by atoms with van der Waals surface area (Å²) in [5.74, 6) is 1.72. The summed E-state index contributed by atoms with van der Waals surface area (Å²) in [7, 11) is 3.31. The van der Waals surface area contributed by atoms with Crippen molar-refractivity contribution in [3.63, 3.8) is 0 Å². The highest BCUT2D eigenvalue weighted by molar-refractivity contribution is 7.80. The summed E-state index contributed by atoms with van der Waals surface area (Å²) in [6.45, 7) is 0.544. The van der Waals surface area contributed by atoms with E-state index in [9.17, 15) is 5.11 Å². The lowest BCUT2D eigenvalue weighted by Gasteiger charge is -2.61. The first-order valence-electron chi connectivity index (χ1n) is 10.5. The molecule has 3 aliphatic rings. The van der Waals surface area contributed by atoms with Crippen LogP contribution in [0.15, 0.2) is 18.2 Å². The fraction of sp³-hybridized carbons (Fsp3) is 0.682. The van der Waals surface area contributed by atoms with Crippen LogP contribution in [0.25, 0.3) is 0 Å². The number of benzene rings is 1. The number of aliphatic hydroxyl groups is 1. The van der Waals surface area contributed by atoms with E-state index < -0.39 is 5.72 Å². The van der Waals surface area contributed by atoms with E-state index in [1.807, 2.05) is 23.1 Å². The Kier molecular flexibility index (Phi) is 5.45. The third-order valence-corrected chi connectivity index (χ3v) is 7.40. The number of hydrogen-bond donors (Lipinski definition) is 2. The number of ether oxygens (including phenoxy) is 2. The van der Waals surface area contributed by atoms with Gasteiger partial charge in [-0.15, -0.1) is 0 Å². The van der Waals surface area contributed by atoms with E-state index in [1.54, 1.807) is 14.2 Å². The Labute approximate surface area is 173 Å². The molecule has 0 bridgehead atoms. The predicted molar refractivity (Wildman–Crippen MR) is 114 cm³/mol. The van der Waals surface area contributed by atoms with E-state index in [1.165, 1.54) is 25.7 Å². The van der Waals surface area contributed by atoms with Gasteiger partial charge in [-0.05, 0) is 62.0 Å². The molecule has 28 heavy (non-hydrogen) atoms. The minimum atomic E-state index is -0.881. The smallest absolute Gasteiger partial charge is 0.171 e. The summed E-state index contributed by atoms with van der Waals surface area (Å²) < 4.78 is 10.9. The number of hydrogen-bond acceptors (Lipinski definition) is 4. The van der Waals surface area contributed by atoms with Gasteiger partial charge in [-0.1, -0.05) is 25.7 Å². The molecule has 1 heterocycles. The molecule has 2 N–H and O–H groups in total. The molecule has 1 aromatic rings. The Hall–Kier alpha value is -1.53. The summed E-state index contributed by atoms with van der Waals surface area (Å²) in [6, 6.07) is 5.86. The Bertz CT molecular complexity index is 712. The van der Waals surface area contributed by atoms with Crippen molar-refractivity contribution >= 4 is 17.3 Å². The zero-order valence-electron chi connectivity index (χ0n) is 17.0. The lowest BCUT2D eigenvalue weighted by Crippen LogP contribution is -2.75. The maximum Gasteiger partial charge on any atom is 0.171 e. The van der Waals surface area contributed by atoms with Crippen LogP contribution in [0, 0.1) is 5.92 Å². The number of nitrogens with one attached hydrogen (secondary N) is 1. The van der Waals surface area contributed by atoms with Crippen molar-refractivity contribution in [3.05, 3.63) is 23.8 Å². The van der Waals surface area contributed by atoms with Gasteiger partial charge in [0, 0.05) is 24.1 Å². The van der Waals surface area contributed by atoms with Crippen LogP contribution in [-0.4, -0.2) is 40.6 Å². The molecule has 0 amide bonds. The minimum absolute atomic E-state index is 0.0347. The molecule has 3 fully saturated rings. The summed E-state index contributed by atoms with van der Waals surface area (Å²) in [5.41, 5.74) is 0.110. The molecule has 1 aliphatic heterocycles. The normalized spacial score (nSPS) is 29.2. The van der Waals surface area contributed by atoms with E-state index in [2.05, 4.69) is 5.32 Å². The SMILES string of the molecule is COc1cc(CN2C(=S)NC3(CCCCC3)[C@H]3CCCC[C@@]32O)cc(OC)c1. The van der Waals surface area contributed by atoms with Crippen LogP contribution in [0.1, 0.15) is 63.4 Å². The van der Waals surface area contributed by atoms with Crippen molar-refractivity contribution in [2.24, 2.45) is 5.92 Å². The first kappa shape index (κ1) is 19.8. The number of rotatable bonds is 4. The van der Waals surface area contributed by atoms with E-state index in [4.69, 9.17) is 21.7 Å². The maximum atomic E-state index is 12.0. The largest absolute Gasteiger partial charge is 0.497 e. The van der Waals surface area contributed by atoms with Crippen LogP contribution < -0.4 is 14.8 Å². The second-order valence-electron chi connectivity index (χ2n) is 8.63. The molecule has 1 spiro atoms. The molecule has 1 saturated heterocycles. The molecule has 5 nitrogen and oxygen atoms in total. The van der Waals surface area contributed by atoms with Crippen molar-refractivity contribution < 1.29 is 14.6 Å². The summed E-state index contributed by atoms with van der Waals surface area (Å²) in [6.07, 6.45) is 10.0.